The van der Waals surface area contributed by atoms with Crippen LogP contribution in [0.5, 0.6) is 0 Å². The SMILES string of the molecule is CCOC(=O)[C@@H]1C2OC3COC(C)(C)OC3[C@H](OS(N)(=O)=O)C21. The van der Waals surface area contributed by atoms with Crippen molar-refractivity contribution in [3.8, 4) is 0 Å². The minimum atomic E-state index is -4.21. The number of hydrogen-bond acceptors (Lipinski definition) is 8. The Labute approximate surface area is 134 Å². The highest BCUT2D eigenvalue weighted by Crippen LogP contribution is 2.53. The largest absolute Gasteiger partial charge is 0.466 e. The van der Waals surface area contributed by atoms with Crippen molar-refractivity contribution in [2.45, 2.75) is 51.0 Å². The van der Waals surface area contributed by atoms with Gasteiger partial charge in [-0.1, -0.05) is 0 Å². The molecular formula is C13H21NO8S. The van der Waals surface area contributed by atoms with Gasteiger partial charge in [-0.2, -0.15) is 8.42 Å². The van der Waals surface area contributed by atoms with Crippen molar-refractivity contribution in [3.05, 3.63) is 0 Å². The zero-order chi connectivity index (χ0) is 17.0. The second kappa shape index (κ2) is 5.64. The number of fused-ring (bicyclic) bond motifs is 2. The molecule has 2 saturated heterocycles. The van der Waals surface area contributed by atoms with E-state index in [1.54, 1.807) is 20.8 Å². The summed E-state index contributed by atoms with van der Waals surface area (Å²) in [6.45, 7) is 5.55. The van der Waals surface area contributed by atoms with Crippen LogP contribution in [0.3, 0.4) is 0 Å². The van der Waals surface area contributed by atoms with Crippen molar-refractivity contribution in [2.24, 2.45) is 17.0 Å². The van der Waals surface area contributed by atoms with E-state index in [0.29, 0.717) is 0 Å². The molecule has 0 aromatic carbocycles. The van der Waals surface area contributed by atoms with Crippen LogP contribution in [0.2, 0.25) is 0 Å². The molecule has 9 nitrogen and oxygen atoms in total. The minimum absolute atomic E-state index is 0.209. The fraction of sp³-hybridized carbons (Fsp3) is 0.923. The van der Waals surface area contributed by atoms with Crippen LogP contribution in [0.1, 0.15) is 20.8 Å². The average molecular weight is 351 g/mol. The van der Waals surface area contributed by atoms with Gasteiger partial charge in [0.15, 0.2) is 5.79 Å². The molecule has 2 N–H and O–H groups in total. The van der Waals surface area contributed by atoms with Gasteiger partial charge in [0.2, 0.25) is 0 Å². The molecule has 2 aliphatic heterocycles. The highest BCUT2D eigenvalue weighted by Gasteiger charge is 2.69. The molecule has 10 heteroatoms. The second-order valence-electron chi connectivity index (χ2n) is 6.34. The molecule has 6 atom stereocenters. The van der Waals surface area contributed by atoms with Crippen LogP contribution >= 0.6 is 0 Å². The average Bonchev–Trinajstić information content (AvgIpc) is 3.12. The molecule has 0 spiro atoms. The van der Waals surface area contributed by atoms with E-state index in [2.05, 4.69) is 0 Å². The maximum absolute atomic E-state index is 12.0. The molecule has 2 heterocycles. The van der Waals surface area contributed by atoms with Gasteiger partial charge in [-0.15, -0.1) is 0 Å². The van der Waals surface area contributed by atoms with Crippen LogP contribution in [-0.4, -0.2) is 57.8 Å². The van der Waals surface area contributed by atoms with Crippen molar-refractivity contribution >= 4 is 16.3 Å². The molecule has 23 heavy (non-hydrogen) atoms. The van der Waals surface area contributed by atoms with Crippen molar-refractivity contribution in [3.63, 3.8) is 0 Å². The zero-order valence-corrected chi connectivity index (χ0v) is 13.9. The Morgan fingerprint density at radius 2 is 2.04 bits per heavy atom. The van der Waals surface area contributed by atoms with Crippen LogP contribution in [0.4, 0.5) is 0 Å². The monoisotopic (exact) mass is 351 g/mol. The normalized spacial score (nSPS) is 41.6. The number of hydrogen-bond donors (Lipinski definition) is 1. The first-order chi connectivity index (χ1) is 10.6. The van der Waals surface area contributed by atoms with E-state index in [9.17, 15) is 13.2 Å². The minimum Gasteiger partial charge on any atom is -0.466 e. The lowest BCUT2D eigenvalue weighted by atomic mass is 9.99. The predicted octanol–water partition coefficient (Wildman–Crippen LogP) is -0.697. The third-order valence-corrected chi connectivity index (χ3v) is 4.72. The van der Waals surface area contributed by atoms with Gasteiger partial charge < -0.3 is 18.9 Å². The highest BCUT2D eigenvalue weighted by molar-refractivity contribution is 7.84. The first-order valence-electron chi connectivity index (χ1n) is 7.48. The molecule has 0 aromatic heterocycles. The van der Waals surface area contributed by atoms with Gasteiger partial charge in [0.25, 0.3) is 0 Å². The van der Waals surface area contributed by atoms with Crippen LogP contribution in [0, 0.1) is 11.8 Å². The fourth-order valence-corrected chi connectivity index (χ4v) is 3.85. The summed E-state index contributed by atoms with van der Waals surface area (Å²) in [5.41, 5.74) is 0. The molecule has 0 amide bonds. The highest BCUT2D eigenvalue weighted by atomic mass is 32.2. The van der Waals surface area contributed by atoms with Crippen molar-refractivity contribution < 1.29 is 36.3 Å². The summed E-state index contributed by atoms with van der Waals surface area (Å²) in [4.78, 5) is 12.0. The number of nitrogens with two attached hydrogens (primary N) is 1. The molecule has 1 aliphatic carbocycles. The first kappa shape index (κ1) is 17.1. The van der Waals surface area contributed by atoms with Crippen molar-refractivity contribution in [1.29, 1.82) is 0 Å². The topological polar surface area (TPSA) is 123 Å². The van der Waals surface area contributed by atoms with E-state index in [-0.39, 0.29) is 13.2 Å². The lowest BCUT2D eigenvalue weighted by Gasteiger charge is -2.45. The van der Waals surface area contributed by atoms with E-state index in [4.69, 9.17) is 28.3 Å². The second-order valence-corrected chi connectivity index (χ2v) is 7.52. The number of carbonyl (C=O) groups is 1. The van der Waals surface area contributed by atoms with E-state index in [1.807, 2.05) is 0 Å². The molecule has 132 valence electrons. The standard InChI is InChI=1S/C13H21NO8S/c1-4-18-12(15)8-7-10(8)20-6-5-19-13(2,3)21-9(6)11(7)22-23(14,16)17/h6-11H,4-5H2,1-3H3,(H2,14,16,17)/t6?,7?,8-,9?,10?,11+/m0/s1. The molecular weight excluding hydrogens is 330 g/mol. The maximum Gasteiger partial charge on any atom is 0.333 e. The number of ether oxygens (including phenoxy) is 4. The number of carbonyl (C=O) groups excluding carboxylic acids is 1. The van der Waals surface area contributed by atoms with E-state index < -0.39 is 58.3 Å². The Kier molecular flexibility index (Phi) is 4.18. The summed E-state index contributed by atoms with van der Waals surface area (Å²) >= 11 is 0. The predicted molar refractivity (Wildman–Crippen MR) is 75.2 cm³/mol. The summed E-state index contributed by atoms with van der Waals surface area (Å²) in [5, 5.41) is 5.02. The van der Waals surface area contributed by atoms with E-state index >= 15 is 0 Å². The molecule has 3 fully saturated rings. The van der Waals surface area contributed by atoms with Crippen molar-refractivity contribution in [2.75, 3.05) is 13.2 Å². The quantitative estimate of drug-likeness (QED) is 0.660. The number of rotatable bonds is 4. The molecule has 0 aromatic rings. The Morgan fingerprint density at radius 3 is 2.65 bits per heavy atom. The molecule has 3 aliphatic rings. The lowest BCUT2D eigenvalue weighted by molar-refractivity contribution is -0.334. The van der Waals surface area contributed by atoms with E-state index in [0.717, 1.165) is 0 Å². The van der Waals surface area contributed by atoms with Crippen LogP contribution in [0.15, 0.2) is 0 Å². The van der Waals surface area contributed by atoms with Gasteiger partial charge in [-0.25, -0.2) is 5.14 Å². The summed E-state index contributed by atoms with van der Waals surface area (Å²) in [7, 11) is -4.21. The molecule has 0 radical (unpaired) electrons. The van der Waals surface area contributed by atoms with Gasteiger partial charge in [-0.3, -0.25) is 8.98 Å². The lowest BCUT2D eigenvalue weighted by Crippen LogP contribution is -2.58. The van der Waals surface area contributed by atoms with Crippen LogP contribution in [0.25, 0.3) is 0 Å². The smallest absolute Gasteiger partial charge is 0.333 e. The third-order valence-electron chi connectivity index (χ3n) is 4.23. The summed E-state index contributed by atoms with van der Waals surface area (Å²) in [5.74, 6) is -2.41. The van der Waals surface area contributed by atoms with Crippen LogP contribution in [-0.2, 0) is 38.2 Å². The Morgan fingerprint density at radius 1 is 1.35 bits per heavy atom. The van der Waals surface area contributed by atoms with Gasteiger partial charge in [0.1, 0.15) is 18.3 Å². The van der Waals surface area contributed by atoms with Gasteiger partial charge in [0, 0.05) is 5.92 Å². The van der Waals surface area contributed by atoms with Crippen LogP contribution < -0.4 is 5.14 Å². The van der Waals surface area contributed by atoms with Crippen molar-refractivity contribution in [1.82, 2.24) is 0 Å². The third kappa shape index (κ3) is 3.37. The molecule has 3 rings (SSSR count). The van der Waals surface area contributed by atoms with Gasteiger partial charge in [0.05, 0.1) is 25.2 Å². The number of esters is 1. The van der Waals surface area contributed by atoms with E-state index in [1.165, 1.54) is 0 Å². The van der Waals surface area contributed by atoms with Gasteiger partial charge >= 0.3 is 16.3 Å². The Bertz CT molecular complexity index is 591. The first-order valence-corrected chi connectivity index (χ1v) is 8.95. The summed E-state index contributed by atoms with van der Waals surface area (Å²) in [6.07, 6.45) is -2.62. The Balaban J connectivity index is 1.84. The molecule has 0 bridgehead atoms. The van der Waals surface area contributed by atoms with Gasteiger partial charge in [-0.05, 0) is 20.8 Å². The fourth-order valence-electron chi connectivity index (χ4n) is 3.31. The molecule has 1 saturated carbocycles. The summed E-state index contributed by atoms with van der Waals surface area (Å²) < 4.78 is 50.0. The zero-order valence-electron chi connectivity index (χ0n) is 13.1. The summed E-state index contributed by atoms with van der Waals surface area (Å²) in [6, 6.07) is 0. The molecule has 4 unspecified atom stereocenters. The maximum atomic E-state index is 12.0. The Hall–Kier alpha value is -0.780.